The predicted molar refractivity (Wildman–Crippen MR) is 50.6 cm³/mol. The summed E-state index contributed by atoms with van der Waals surface area (Å²) in [5.41, 5.74) is 0. The molecule has 0 bridgehead atoms. The van der Waals surface area contributed by atoms with Crippen LogP contribution >= 0.6 is 0 Å². The lowest BCUT2D eigenvalue weighted by molar-refractivity contribution is 0.0991. The first-order chi connectivity index (χ1) is 6.96. The molecule has 1 atom stereocenters. The number of hydrogen-bond acceptors (Lipinski definition) is 6. The first-order valence-electron chi connectivity index (χ1n) is 3.86. The molecular weight excluding hydrogens is 218 g/mol. The minimum Gasteiger partial charge on any atom is -0.288 e. The van der Waals surface area contributed by atoms with E-state index in [0.717, 1.165) is 6.26 Å². The quantitative estimate of drug-likeness (QED) is 0.648. The molecule has 0 radical (unpaired) electrons. The molecule has 0 aliphatic rings. The van der Waals surface area contributed by atoms with Gasteiger partial charge in [0.2, 0.25) is 11.0 Å². The minimum atomic E-state index is -3.75. The summed E-state index contributed by atoms with van der Waals surface area (Å²) in [5, 5.41) is 6.85. The van der Waals surface area contributed by atoms with Crippen LogP contribution in [0.2, 0.25) is 0 Å². The Morgan fingerprint density at radius 2 is 2.00 bits per heavy atom. The predicted octanol–water partition coefficient (Wildman–Crippen LogP) is -0.404. The van der Waals surface area contributed by atoms with Crippen molar-refractivity contribution in [3.05, 3.63) is 24.3 Å². The van der Waals surface area contributed by atoms with Gasteiger partial charge in [-0.3, -0.25) is 4.79 Å². The van der Waals surface area contributed by atoms with Crippen LogP contribution in [0.3, 0.4) is 0 Å². The Labute approximate surface area is 86.5 Å². The third-order valence-electron chi connectivity index (χ3n) is 1.57. The van der Waals surface area contributed by atoms with E-state index in [1.165, 1.54) is 24.5 Å². The number of carbonyl (C=O) groups excluding carboxylic acids is 1. The number of sulfone groups is 1. The van der Waals surface area contributed by atoms with Gasteiger partial charge < -0.3 is 0 Å². The highest BCUT2D eigenvalue weighted by atomic mass is 32.2. The van der Waals surface area contributed by atoms with Crippen LogP contribution in [-0.4, -0.2) is 35.7 Å². The number of rotatable bonds is 3. The van der Waals surface area contributed by atoms with Crippen molar-refractivity contribution in [2.75, 3.05) is 6.26 Å². The molecule has 0 saturated carbocycles. The lowest BCUT2D eigenvalue weighted by Crippen LogP contribution is -2.29. The van der Waals surface area contributed by atoms with E-state index in [-0.39, 0.29) is 5.82 Å². The van der Waals surface area contributed by atoms with E-state index in [0.29, 0.717) is 0 Å². The SMILES string of the molecule is CS(=O)(=O)C(C#N)C(=O)c1ncccn1. The van der Waals surface area contributed by atoms with Crippen molar-refractivity contribution < 1.29 is 13.2 Å². The van der Waals surface area contributed by atoms with Gasteiger partial charge in [-0.25, -0.2) is 18.4 Å². The van der Waals surface area contributed by atoms with Crippen LogP contribution < -0.4 is 0 Å². The van der Waals surface area contributed by atoms with Crippen LogP contribution in [0.1, 0.15) is 10.6 Å². The molecule has 1 heterocycles. The summed E-state index contributed by atoms with van der Waals surface area (Å²) < 4.78 is 22.2. The van der Waals surface area contributed by atoms with Crippen molar-refractivity contribution >= 4 is 15.6 Å². The zero-order valence-corrected chi connectivity index (χ0v) is 8.60. The van der Waals surface area contributed by atoms with Gasteiger partial charge in [0.15, 0.2) is 15.7 Å². The zero-order chi connectivity index (χ0) is 11.5. The fraction of sp³-hybridized carbons (Fsp3) is 0.250. The summed E-state index contributed by atoms with van der Waals surface area (Å²) in [7, 11) is -3.75. The van der Waals surface area contributed by atoms with Gasteiger partial charge in [0, 0.05) is 18.6 Å². The Morgan fingerprint density at radius 1 is 1.47 bits per heavy atom. The molecule has 78 valence electrons. The maximum Gasteiger partial charge on any atom is 0.232 e. The van der Waals surface area contributed by atoms with E-state index in [2.05, 4.69) is 9.97 Å². The fourth-order valence-electron chi connectivity index (χ4n) is 0.892. The van der Waals surface area contributed by atoms with Gasteiger partial charge in [0.05, 0.1) is 6.07 Å². The third-order valence-corrected chi connectivity index (χ3v) is 2.75. The molecule has 1 aromatic heterocycles. The van der Waals surface area contributed by atoms with Crippen molar-refractivity contribution in [1.29, 1.82) is 5.26 Å². The van der Waals surface area contributed by atoms with Gasteiger partial charge in [-0.2, -0.15) is 5.26 Å². The summed E-state index contributed by atoms with van der Waals surface area (Å²) >= 11 is 0. The zero-order valence-electron chi connectivity index (χ0n) is 7.78. The van der Waals surface area contributed by atoms with Gasteiger partial charge in [-0.1, -0.05) is 0 Å². The van der Waals surface area contributed by atoms with Gasteiger partial charge in [-0.05, 0) is 6.07 Å². The Morgan fingerprint density at radius 3 is 2.40 bits per heavy atom. The summed E-state index contributed by atoms with van der Waals surface area (Å²) in [6.45, 7) is 0. The van der Waals surface area contributed by atoms with E-state index in [9.17, 15) is 13.2 Å². The standard InChI is InChI=1S/C8H7N3O3S/c1-15(13,14)6(5-9)7(12)8-10-3-2-4-11-8/h2-4,6H,1H3. The molecule has 1 aromatic rings. The topological polar surface area (TPSA) is 101 Å². The Balaban J connectivity index is 3.11. The molecule has 0 fully saturated rings. The number of nitrogens with zero attached hydrogens (tertiary/aromatic N) is 3. The molecule has 1 rings (SSSR count). The molecule has 0 aromatic carbocycles. The summed E-state index contributed by atoms with van der Waals surface area (Å²) in [4.78, 5) is 18.7. The molecular formula is C8H7N3O3S. The molecule has 1 unspecified atom stereocenters. The molecule has 0 aliphatic heterocycles. The Bertz CT molecular complexity index is 504. The molecule has 0 amide bonds. The fourth-order valence-corrected chi connectivity index (χ4v) is 1.58. The number of carbonyl (C=O) groups is 1. The molecule has 0 saturated heterocycles. The van der Waals surface area contributed by atoms with Crippen molar-refractivity contribution in [3.8, 4) is 6.07 Å². The molecule has 0 aliphatic carbocycles. The summed E-state index contributed by atoms with van der Waals surface area (Å²) in [6.07, 6.45) is 3.43. The normalized spacial score (nSPS) is 12.8. The number of ketones is 1. The van der Waals surface area contributed by atoms with Crippen molar-refractivity contribution in [2.24, 2.45) is 0 Å². The molecule has 15 heavy (non-hydrogen) atoms. The first-order valence-corrected chi connectivity index (χ1v) is 5.82. The highest BCUT2D eigenvalue weighted by Crippen LogP contribution is 2.04. The van der Waals surface area contributed by atoms with E-state index in [1.54, 1.807) is 0 Å². The van der Waals surface area contributed by atoms with Crippen LogP contribution in [0.5, 0.6) is 0 Å². The second-order valence-corrected chi connectivity index (χ2v) is 4.91. The maximum absolute atomic E-state index is 11.5. The largest absolute Gasteiger partial charge is 0.288 e. The van der Waals surface area contributed by atoms with Gasteiger partial charge >= 0.3 is 0 Å². The maximum atomic E-state index is 11.5. The lowest BCUT2D eigenvalue weighted by atomic mass is 10.3. The van der Waals surface area contributed by atoms with Crippen molar-refractivity contribution in [1.82, 2.24) is 9.97 Å². The molecule has 6 nitrogen and oxygen atoms in total. The minimum absolute atomic E-state index is 0.269. The van der Waals surface area contributed by atoms with E-state index in [4.69, 9.17) is 5.26 Å². The Kier molecular flexibility index (Phi) is 3.11. The molecule has 0 spiro atoms. The van der Waals surface area contributed by atoms with Gasteiger partial charge in [0.25, 0.3) is 0 Å². The van der Waals surface area contributed by atoms with E-state index in [1.807, 2.05) is 0 Å². The molecule has 0 N–H and O–H groups in total. The second kappa shape index (κ2) is 4.14. The van der Waals surface area contributed by atoms with Crippen LogP contribution in [-0.2, 0) is 9.84 Å². The van der Waals surface area contributed by atoms with Crippen LogP contribution in [0.15, 0.2) is 18.5 Å². The highest BCUT2D eigenvalue weighted by molar-refractivity contribution is 7.92. The Hall–Kier alpha value is -1.81. The monoisotopic (exact) mass is 225 g/mol. The first kappa shape index (κ1) is 11.3. The van der Waals surface area contributed by atoms with E-state index < -0.39 is 20.9 Å². The van der Waals surface area contributed by atoms with Crippen LogP contribution in [0.4, 0.5) is 0 Å². The second-order valence-electron chi connectivity index (χ2n) is 2.78. The van der Waals surface area contributed by atoms with Gasteiger partial charge in [0.1, 0.15) is 0 Å². The average Bonchev–Trinajstić information content (AvgIpc) is 2.18. The number of nitriles is 1. The average molecular weight is 225 g/mol. The molecule has 7 heteroatoms. The summed E-state index contributed by atoms with van der Waals surface area (Å²) in [6, 6.07) is 2.91. The van der Waals surface area contributed by atoms with Crippen molar-refractivity contribution in [3.63, 3.8) is 0 Å². The lowest BCUT2D eigenvalue weighted by Gasteiger charge is -2.03. The van der Waals surface area contributed by atoms with Crippen LogP contribution in [0.25, 0.3) is 0 Å². The number of hydrogen-bond donors (Lipinski definition) is 0. The third kappa shape index (κ3) is 2.57. The number of aromatic nitrogens is 2. The smallest absolute Gasteiger partial charge is 0.232 e. The van der Waals surface area contributed by atoms with Crippen molar-refractivity contribution in [2.45, 2.75) is 5.25 Å². The van der Waals surface area contributed by atoms with E-state index >= 15 is 0 Å². The highest BCUT2D eigenvalue weighted by Gasteiger charge is 2.31. The number of Topliss-reactive ketones (excluding diaryl/α,β-unsaturated/α-hetero) is 1. The summed E-state index contributed by atoms with van der Waals surface area (Å²) in [5.74, 6) is -1.17. The van der Waals surface area contributed by atoms with Gasteiger partial charge in [-0.15, -0.1) is 0 Å². The van der Waals surface area contributed by atoms with Crippen LogP contribution in [0, 0.1) is 11.3 Å².